The largest absolute Gasteiger partial charge is 0.326 e. The smallest absolute Gasteiger partial charge is 0.274 e. The number of fused-ring (bicyclic) bond motifs is 1. The van der Waals surface area contributed by atoms with E-state index < -0.39 is 0 Å². The molecule has 96 valence electrons. The summed E-state index contributed by atoms with van der Waals surface area (Å²) in [6, 6.07) is 9.95. The zero-order chi connectivity index (χ0) is 13.3. The number of hydrogen-bond acceptors (Lipinski definition) is 3. The fraction of sp³-hybridized carbons (Fsp3) is 0.357. The van der Waals surface area contributed by atoms with Gasteiger partial charge in [-0.15, -0.1) is 0 Å². The molecule has 1 aromatic carbocycles. The molecule has 4 heteroatoms. The molecule has 0 aliphatic heterocycles. The summed E-state index contributed by atoms with van der Waals surface area (Å²) in [6.07, 6.45) is 0. The average molecular weight is 245 g/mol. The highest BCUT2D eigenvalue weighted by Crippen LogP contribution is 2.18. The van der Waals surface area contributed by atoms with Crippen molar-refractivity contribution in [2.45, 2.75) is 13.0 Å². The van der Waals surface area contributed by atoms with Gasteiger partial charge in [0.15, 0.2) is 0 Å². The van der Waals surface area contributed by atoms with Crippen molar-refractivity contribution < 1.29 is 0 Å². The molecule has 18 heavy (non-hydrogen) atoms. The molecular weight excluding hydrogens is 226 g/mol. The van der Waals surface area contributed by atoms with Crippen molar-refractivity contribution in [3.8, 4) is 0 Å². The molecule has 1 atom stereocenters. The lowest BCUT2D eigenvalue weighted by Gasteiger charge is -2.21. The molecule has 2 rings (SSSR count). The van der Waals surface area contributed by atoms with Crippen LogP contribution in [0.15, 0.2) is 35.1 Å². The number of pyridine rings is 1. The van der Waals surface area contributed by atoms with Crippen molar-refractivity contribution in [3.05, 3.63) is 46.2 Å². The Labute approximate surface area is 107 Å². The van der Waals surface area contributed by atoms with E-state index in [0.29, 0.717) is 0 Å². The van der Waals surface area contributed by atoms with Crippen LogP contribution in [0, 0.1) is 0 Å². The second kappa shape index (κ2) is 4.82. The molecule has 0 aliphatic carbocycles. The topological polar surface area (TPSA) is 37.3 Å². The van der Waals surface area contributed by atoms with Crippen molar-refractivity contribution >= 4 is 10.9 Å². The van der Waals surface area contributed by atoms with Gasteiger partial charge in [0, 0.05) is 24.0 Å². The number of aromatic nitrogens is 1. The van der Waals surface area contributed by atoms with E-state index in [1.54, 1.807) is 11.7 Å². The molecule has 1 aromatic heterocycles. The summed E-state index contributed by atoms with van der Waals surface area (Å²) < 4.78 is 1.60. The number of para-hydroxylation sites is 1. The Morgan fingerprint density at radius 1 is 1.28 bits per heavy atom. The molecule has 0 radical (unpaired) electrons. The summed E-state index contributed by atoms with van der Waals surface area (Å²) in [7, 11) is 5.71. The lowest BCUT2D eigenvalue weighted by Crippen LogP contribution is -2.33. The van der Waals surface area contributed by atoms with Gasteiger partial charge in [-0.05, 0) is 33.2 Å². The zero-order valence-corrected chi connectivity index (χ0v) is 11.3. The molecule has 0 spiro atoms. The molecule has 0 amide bonds. The second-order valence-corrected chi connectivity index (χ2v) is 4.66. The Balaban J connectivity index is 2.77. The van der Waals surface area contributed by atoms with Crippen molar-refractivity contribution in [1.29, 1.82) is 0 Å². The third-order valence-corrected chi connectivity index (χ3v) is 3.39. The van der Waals surface area contributed by atoms with Gasteiger partial charge in [0.25, 0.3) is 5.56 Å². The summed E-state index contributed by atoms with van der Waals surface area (Å²) in [5.74, 6) is 0. The van der Waals surface area contributed by atoms with Crippen molar-refractivity contribution in [3.63, 3.8) is 0 Å². The molecule has 4 nitrogen and oxygen atoms in total. The maximum absolute atomic E-state index is 12.4. The summed E-state index contributed by atoms with van der Waals surface area (Å²) in [6.45, 7) is 2.03. The van der Waals surface area contributed by atoms with Crippen LogP contribution in [0.25, 0.3) is 10.9 Å². The van der Waals surface area contributed by atoms with Gasteiger partial charge in [-0.2, -0.15) is 0 Å². The van der Waals surface area contributed by atoms with Crippen LogP contribution in [-0.2, 0) is 0 Å². The summed E-state index contributed by atoms with van der Waals surface area (Å²) in [5, 5.41) is 1.06. The Morgan fingerprint density at radius 3 is 2.56 bits per heavy atom. The normalized spacial score (nSPS) is 12.9. The Kier molecular flexibility index (Phi) is 3.39. The SMILES string of the molecule is CNn1c(=O)c(C(C)N(C)C)cc2ccccc21. The molecular formula is C14H19N3O. The van der Waals surface area contributed by atoms with Crippen LogP contribution < -0.4 is 11.0 Å². The van der Waals surface area contributed by atoms with E-state index in [9.17, 15) is 4.79 Å². The lowest BCUT2D eigenvalue weighted by atomic mass is 10.1. The molecule has 1 N–H and O–H groups in total. The number of rotatable bonds is 3. The maximum atomic E-state index is 12.4. The van der Waals surface area contributed by atoms with Crippen LogP contribution in [0.2, 0.25) is 0 Å². The van der Waals surface area contributed by atoms with Crippen LogP contribution in [-0.4, -0.2) is 30.7 Å². The number of benzene rings is 1. The molecule has 0 fully saturated rings. The van der Waals surface area contributed by atoms with Crippen LogP contribution in [0.5, 0.6) is 0 Å². The van der Waals surface area contributed by atoms with E-state index in [2.05, 4.69) is 5.43 Å². The first-order chi connectivity index (χ1) is 8.56. The highest BCUT2D eigenvalue weighted by Gasteiger charge is 2.15. The lowest BCUT2D eigenvalue weighted by molar-refractivity contribution is 0.318. The van der Waals surface area contributed by atoms with E-state index >= 15 is 0 Å². The minimum atomic E-state index is 0.0115. The first kappa shape index (κ1) is 12.6. The monoisotopic (exact) mass is 245 g/mol. The molecule has 0 saturated heterocycles. The molecule has 1 unspecified atom stereocenters. The summed E-state index contributed by atoms with van der Waals surface area (Å²) >= 11 is 0. The molecule has 0 bridgehead atoms. The molecule has 0 aliphatic rings. The molecule has 1 heterocycles. The van der Waals surface area contributed by atoms with Crippen LogP contribution in [0.3, 0.4) is 0 Å². The quantitative estimate of drug-likeness (QED) is 0.896. The Hall–Kier alpha value is -1.81. The number of hydrogen-bond donors (Lipinski definition) is 1. The third kappa shape index (κ3) is 1.99. The predicted molar refractivity (Wildman–Crippen MR) is 75.6 cm³/mol. The maximum Gasteiger partial charge on any atom is 0.274 e. The van der Waals surface area contributed by atoms with Crippen molar-refractivity contribution in [2.24, 2.45) is 0 Å². The standard InChI is InChI=1S/C14H19N3O/c1-10(16(3)4)12-9-11-7-5-6-8-13(11)17(15-2)14(12)18/h5-10,15H,1-4H3. The highest BCUT2D eigenvalue weighted by atomic mass is 16.1. The van der Waals surface area contributed by atoms with Gasteiger partial charge in [0.1, 0.15) is 0 Å². The fourth-order valence-corrected chi connectivity index (χ4v) is 2.08. The first-order valence-electron chi connectivity index (χ1n) is 6.05. The minimum absolute atomic E-state index is 0.0115. The van der Waals surface area contributed by atoms with Crippen LogP contribution in [0.1, 0.15) is 18.5 Å². The van der Waals surface area contributed by atoms with E-state index in [1.807, 2.05) is 56.3 Å². The van der Waals surface area contributed by atoms with Gasteiger partial charge in [0.2, 0.25) is 0 Å². The van der Waals surface area contributed by atoms with Gasteiger partial charge < -0.3 is 10.3 Å². The highest BCUT2D eigenvalue weighted by molar-refractivity contribution is 5.79. The van der Waals surface area contributed by atoms with Gasteiger partial charge in [-0.3, -0.25) is 4.79 Å². The van der Waals surface area contributed by atoms with Crippen molar-refractivity contribution in [1.82, 2.24) is 9.58 Å². The van der Waals surface area contributed by atoms with Crippen LogP contribution in [0.4, 0.5) is 0 Å². The second-order valence-electron chi connectivity index (χ2n) is 4.66. The fourth-order valence-electron chi connectivity index (χ4n) is 2.08. The van der Waals surface area contributed by atoms with E-state index in [4.69, 9.17) is 0 Å². The van der Waals surface area contributed by atoms with Gasteiger partial charge >= 0.3 is 0 Å². The van der Waals surface area contributed by atoms with E-state index in [1.165, 1.54) is 0 Å². The van der Waals surface area contributed by atoms with E-state index in [-0.39, 0.29) is 11.6 Å². The molecule has 0 saturated carbocycles. The average Bonchev–Trinajstić information content (AvgIpc) is 2.37. The van der Waals surface area contributed by atoms with Gasteiger partial charge in [0.05, 0.1) is 5.52 Å². The molecule has 2 aromatic rings. The predicted octanol–water partition coefficient (Wildman–Crippen LogP) is 1.80. The Bertz CT molecular complexity index is 616. The van der Waals surface area contributed by atoms with Gasteiger partial charge in [-0.1, -0.05) is 18.2 Å². The summed E-state index contributed by atoms with van der Waals surface area (Å²) in [5.41, 5.74) is 4.67. The van der Waals surface area contributed by atoms with Gasteiger partial charge in [-0.25, -0.2) is 4.68 Å². The number of nitrogens with one attached hydrogen (secondary N) is 1. The zero-order valence-electron chi connectivity index (χ0n) is 11.3. The summed E-state index contributed by atoms with van der Waals surface area (Å²) in [4.78, 5) is 14.5. The van der Waals surface area contributed by atoms with Crippen molar-refractivity contribution in [2.75, 3.05) is 26.6 Å². The van der Waals surface area contributed by atoms with Crippen LogP contribution >= 0.6 is 0 Å². The van der Waals surface area contributed by atoms with E-state index in [0.717, 1.165) is 16.5 Å². The Morgan fingerprint density at radius 2 is 1.94 bits per heavy atom. The minimum Gasteiger partial charge on any atom is -0.326 e. The third-order valence-electron chi connectivity index (χ3n) is 3.39. The number of nitrogens with zero attached hydrogens (tertiary/aromatic N) is 2. The first-order valence-corrected chi connectivity index (χ1v) is 6.05.